The van der Waals surface area contributed by atoms with Crippen LogP contribution in [0.2, 0.25) is 0 Å². The summed E-state index contributed by atoms with van der Waals surface area (Å²) in [7, 11) is 0. The number of amides is 1. The molecule has 0 aliphatic heterocycles. The van der Waals surface area contributed by atoms with Crippen molar-refractivity contribution in [1.29, 1.82) is 0 Å². The standard InChI is InChI=1S/C16H14FN5O2/c17-12-3-5-15(6-4-12)24-11-14-9-22(21-20-14)10-16(23)19-13-2-1-7-18-8-13/h1-9H,10-11H2,(H,19,23). The molecule has 122 valence electrons. The fraction of sp³-hybridized carbons (Fsp3) is 0.125. The number of carbonyl (C=O) groups is 1. The highest BCUT2D eigenvalue weighted by Crippen LogP contribution is 2.12. The number of hydrogen-bond donors (Lipinski definition) is 1. The van der Waals surface area contributed by atoms with Crippen LogP contribution in [0.1, 0.15) is 5.69 Å². The van der Waals surface area contributed by atoms with Crippen molar-refractivity contribution in [3.8, 4) is 5.75 Å². The zero-order valence-corrected chi connectivity index (χ0v) is 12.6. The van der Waals surface area contributed by atoms with Crippen LogP contribution in [0, 0.1) is 5.82 Å². The van der Waals surface area contributed by atoms with E-state index < -0.39 is 0 Å². The number of nitrogens with one attached hydrogen (secondary N) is 1. The van der Waals surface area contributed by atoms with Crippen molar-refractivity contribution in [3.63, 3.8) is 0 Å². The summed E-state index contributed by atoms with van der Waals surface area (Å²) >= 11 is 0. The Kier molecular flexibility index (Phi) is 4.76. The average molecular weight is 327 g/mol. The van der Waals surface area contributed by atoms with Crippen molar-refractivity contribution >= 4 is 11.6 Å². The summed E-state index contributed by atoms with van der Waals surface area (Å²) in [5.74, 6) is -0.0351. The molecule has 2 aromatic heterocycles. The predicted octanol–water partition coefficient (Wildman–Crippen LogP) is 2.03. The lowest BCUT2D eigenvalue weighted by Gasteiger charge is -2.04. The zero-order chi connectivity index (χ0) is 16.8. The normalized spacial score (nSPS) is 10.4. The number of pyridine rings is 1. The van der Waals surface area contributed by atoms with Gasteiger partial charge in [0.25, 0.3) is 0 Å². The molecular weight excluding hydrogens is 313 g/mol. The molecule has 3 rings (SSSR count). The summed E-state index contributed by atoms with van der Waals surface area (Å²) in [6.45, 7) is 0.203. The average Bonchev–Trinajstić information content (AvgIpc) is 3.02. The summed E-state index contributed by atoms with van der Waals surface area (Å²) in [6.07, 6.45) is 4.80. The second-order valence-corrected chi connectivity index (χ2v) is 4.94. The zero-order valence-electron chi connectivity index (χ0n) is 12.6. The molecule has 1 N–H and O–H groups in total. The highest BCUT2D eigenvalue weighted by atomic mass is 19.1. The molecule has 0 aliphatic carbocycles. The highest BCUT2D eigenvalue weighted by Gasteiger charge is 2.07. The molecule has 0 saturated heterocycles. The first-order valence-electron chi connectivity index (χ1n) is 7.16. The van der Waals surface area contributed by atoms with Gasteiger partial charge in [-0.05, 0) is 36.4 Å². The number of benzene rings is 1. The second-order valence-electron chi connectivity index (χ2n) is 4.94. The van der Waals surface area contributed by atoms with Gasteiger partial charge < -0.3 is 10.1 Å². The van der Waals surface area contributed by atoms with Gasteiger partial charge in [-0.1, -0.05) is 5.21 Å². The topological polar surface area (TPSA) is 81.9 Å². The minimum Gasteiger partial charge on any atom is -0.487 e. The van der Waals surface area contributed by atoms with Crippen LogP contribution >= 0.6 is 0 Å². The first kappa shape index (κ1) is 15.6. The third-order valence-corrected chi connectivity index (χ3v) is 3.04. The van der Waals surface area contributed by atoms with Crippen molar-refractivity contribution in [2.75, 3.05) is 5.32 Å². The molecule has 7 nitrogen and oxygen atoms in total. The highest BCUT2D eigenvalue weighted by molar-refractivity contribution is 5.90. The molecule has 8 heteroatoms. The van der Waals surface area contributed by atoms with Gasteiger partial charge in [-0.2, -0.15) is 0 Å². The summed E-state index contributed by atoms with van der Waals surface area (Å²) < 4.78 is 19.7. The number of aromatic nitrogens is 4. The summed E-state index contributed by atoms with van der Waals surface area (Å²) in [6, 6.07) is 9.16. The lowest BCUT2D eigenvalue weighted by Crippen LogP contribution is -2.19. The first-order chi connectivity index (χ1) is 11.7. The quantitative estimate of drug-likeness (QED) is 0.749. The Hall–Kier alpha value is -3.29. The molecule has 1 aromatic carbocycles. The number of rotatable bonds is 6. The first-order valence-corrected chi connectivity index (χ1v) is 7.16. The summed E-state index contributed by atoms with van der Waals surface area (Å²) in [5.41, 5.74) is 1.18. The van der Waals surface area contributed by atoms with Crippen LogP contribution < -0.4 is 10.1 Å². The van der Waals surface area contributed by atoms with Crippen LogP contribution in [0.4, 0.5) is 10.1 Å². The molecule has 24 heavy (non-hydrogen) atoms. The summed E-state index contributed by atoms with van der Waals surface area (Å²) in [5, 5.41) is 10.5. The number of halogens is 1. The molecule has 0 atom stereocenters. The van der Waals surface area contributed by atoms with E-state index in [1.807, 2.05) is 0 Å². The van der Waals surface area contributed by atoms with Crippen LogP contribution in [0.5, 0.6) is 5.75 Å². The fourth-order valence-electron chi connectivity index (χ4n) is 1.95. The van der Waals surface area contributed by atoms with Crippen molar-refractivity contribution in [3.05, 3.63) is 66.5 Å². The fourth-order valence-corrected chi connectivity index (χ4v) is 1.95. The van der Waals surface area contributed by atoms with E-state index in [2.05, 4.69) is 20.6 Å². The smallest absolute Gasteiger partial charge is 0.246 e. The van der Waals surface area contributed by atoms with E-state index in [-0.39, 0.29) is 24.9 Å². The Morgan fingerprint density at radius 2 is 2.08 bits per heavy atom. The van der Waals surface area contributed by atoms with Crippen LogP contribution in [-0.2, 0) is 17.9 Å². The number of nitrogens with zero attached hydrogens (tertiary/aromatic N) is 4. The van der Waals surface area contributed by atoms with Crippen molar-refractivity contribution in [2.45, 2.75) is 13.2 Å². The maximum absolute atomic E-state index is 12.8. The minimum absolute atomic E-state index is 0.0262. The van der Waals surface area contributed by atoms with Gasteiger partial charge in [-0.15, -0.1) is 5.10 Å². The molecule has 0 fully saturated rings. The molecule has 3 aromatic rings. The number of hydrogen-bond acceptors (Lipinski definition) is 5. The Labute approximate surface area is 137 Å². The third-order valence-electron chi connectivity index (χ3n) is 3.04. The van der Waals surface area contributed by atoms with E-state index in [0.717, 1.165) is 0 Å². The van der Waals surface area contributed by atoms with Gasteiger partial charge in [0.15, 0.2) is 0 Å². The van der Waals surface area contributed by atoms with Crippen LogP contribution in [0.25, 0.3) is 0 Å². The molecular formula is C16H14FN5O2. The largest absolute Gasteiger partial charge is 0.487 e. The van der Waals surface area contributed by atoms with Crippen molar-refractivity contribution < 1.29 is 13.9 Å². The molecule has 0 saturated carbocycles. The van der Waals surface area contributed by atoms with Crippen LogP contribution in [-0.4, -0.2) is 25.9 Å². The SMILES string of the molecule is O=C(Cn1cc(COc2ccc(F)cc2)nn1)Nc1cccnc1. The predicted molar refractivity (Wildman–Crippen MR) is 83.6 cm³/mol. The Morgan fingerprint density at radius 3 is 2.83 bits per heavy atom. The maximum atomic E-state index is 12.8. The molecule has 0 unspecified atom stereocenters. The molecule has 1 amide bonds. The van der Waals surface area contributed by atoms with E-state index in [9.17, 15) is 9.18 Å². The van der Waals surface area contributed by atoms with E-state index >= 15 is 0 Å². The monoisotopic (exact) mass is 327 g/mol. The Bertz CT molecular complexity index is 805. The van der Waals surface area contributed by atoms with Gasteiger partial charge in [0, 0.05) is 6.20 Å². The lowest BCUT2D eigenvalue weighted by atomic mass is 10.3. The minimum atomic E-state index is -0.326. The third kappa shape index (κ3) is 4.35. The van der Waals surface area contributed by atoms with Gasteiger partial charge in [0.2, 0.25) is 5.91 Å². The Balaban J connectivity index is 1.51. The Morgan fingerprint density at radius 1 is 1.25 bits per heavy atom. The van der Waals surface area contributed by atoms with Crippen molar-refractivity contribution in [1.82, 2.24) is 20.0 Å². The van der Waals surface area contributed by atoms with Gasteiger partial charge in [0.1, 0.15) is 30.4 Å². The number of ether oxygens (including phenoxy) is 1. The van der Waals surface area contributed by atoms with E-state index in [0.29, 0.717) is 17.1 Å². The lowest BCUT2D eigenvalue weighted by molar-refractivity contribution is -0.116. The van der Waals surface area contributed by atoms with Gasteiger partial charge in [-0.25, -0.2) is 9.07 Å². The second kappa shape index (κ2) is 7.32. The molecule has 0 spiro atoms. The number of anilines is 1. The molecule has 0 aliphatic rings. The molecule has 0 radical (unpaired) electrons. The van der Waals surface area contributed by atoms with Crippen molar-refractivity contribution in [2.24, 2.45) is 0 Å². The van der Waals surface area contributed by atoms with Crippen LogP contribution in [0.3, 0.4) is 0 Å². The maximum Gasteiger partial charge on any atom is 0.246 e. The molecule has 2 heterocycles. The van der Waals surface area contributed by atoms with E-state index in [4.69, 9.17) is 4.74 Å². The summed E-state index contributed by atoms with van der Waals surface area (Å²) in [4.78, 5) is 15.8. The van der Waals surface area contributed by atoms with Gasteiger partial charge >= 0.3 is 0 Å². The van der Waals surface area contributed by atoms with Gasteiger partial charge in [-0.3, -0.25) is 9.78 Å². The van der Waals surface area contributed by atoms with Crippen LogP contribution in [0.15, 0.2) is 55.0 Å². The van der Waals surface area contributed by atoms with E-state index in [1.165, 1.54) is 28.9 Å². The number of carbonyl (C=O) groups excluding carboxylic acids is 1. The van der Waals surface area contributed by atoms with Gasteiger partial charge in [0.05, 0.1) is 18.1 Å². The molecule has 0 bridgehead atoms. The van der Waals surface area contributed by atoms with E-state index in [1.54, 1.807) is 30.7 Å².